The molecule has 0 spiro atoms. The van der Waals surface area contributed by atoms with Crippen LogP contribution in [0.1, 0.15) is 10.5 Å². The van der Waals surface area contributed by atoms with E-state index in [1.807, 2.05) is 0 Å². The van der Waals surface area contributed by atoms with Gasteiger partial charge < -0.3 is 9.47 Å². The molecule has 0 aliphatic heterocycles. The van der Waals surface area contributed by atoms with Crippen LogP contribution in [0.2, 0.25) is 0 Å². The molecule has 0 fully saturated rings. The molecule has 0 saturated carbocycles. The first-order chi connectivity index (χ1) is 15.8. The van der Waals surface area contributed by atoms with Crippen LogP contribution in [-0.4, -0.2) is 32.2 Å². The molecule has 0 aliphatic carbocycles. The van der Waals surface area contributed by atoms with Crippen LogP contribution >= 0.6 is 11.3 Å². The Bertz CT molecular complexity index is 1340. The SMILES string of the molecule is O=C(Nc1nc2ccc(OC(F)F)cc2s1)c1ccn(COc2cc(F)ccc2[N+](=O)[O-])n1. The lowest BCUT2D eigenvalue weighted by Crippen LogP contribution is -2.14. The van der Waals surface area contributed by atoms with E-state index < -0.39 is 28.9 Å². The summed E-state index contributed by atoms with van der Waals surface area (Å²) in [4.78, 5) is 27.0. The minimum absolute atomic E-state index is 0.00618. The third-order valence-electron chi connectivity index (χ3n) is 4.15. The van der Waals surface area contributed by atoms with Gasteiger partial charge in [-0.2, -0.15) is 13.9 Å². The van der Waals surface area contributed by atoms with Gasteiger partial charge in [0.25, 0.3) is 5.91 Å². The van der Waals surface area contributed by atoms with Crippen LogP contribution in [0.15, 0.2) is 48.7 Å². The fraction of sp³-hybridized carbons (Fsp3) is 0.105. The van der Waals surface area contributed by atoms with Crippen LogP contribution in [0.5, 0.6) is 11.5 Å². The third kappa shape index (κ3) is 5.17. The first-order valence-electron chi connectivity index (χ1n) is 9.05. The highest BCUT2D eigenvalue weighted by Crippen LogP contribution is 2.30. The molecule has 10 nitrogen and oxygen atoms in total. The summed E-state index contributed by atoms with van der Waals surface area (Å²) in [6, 6.07) is 8.37. The number of aromatic nitrogens is 3. The number of fused-ring (bicyclic) bond motifs is 1. The van der Waals surface area contributed by atoms with Crippen LogP contribution < -0.4 is 14.8 Å². The number of carbonyl (C=O) groups is 1. The van der Waals surface area contributed by atoms with Crippen LogP contribution in [0.25, 0.3) is 10.2 Å². The van der Waals surface area contributed by atoms with Crippen molar-refractivity contribution in [2.75, 3.05) is 5.32 Å². The molecule has 2 heterocycles. The number of carbonyl (C=O) groups excluding carboxylic acids is 1. The van der Waals surface area contributed by atoms with Crippen molar-refractivity contribution in [1.29, 1.82) is 0 Å². The van der Waals surface area contributed by atoms with E-state index in [4.69, 9.17) is 4.74 Å². The number of amides is 1. The zero-order valence-electron chi connectivity index (χ0n) is 16.3. The van der Waals surface area contributed by atoms with Crippen molar-refractivity contribution in [2.24, 2.45) is 0 Å². The predicted molar refractivity (Wildman–Crippen MR) is 110 cm³/mol. The molecule has 0 unspecified atom stereocenters. The topological polar surface area (TPSA) is 121 Å². The second kappa shape index (κ2) is 9.12. The lowest BCUT2D eigenvalue weighted by Gasteiger charge is -2.06. The Morgan fingerprint density at radius 3 is 2.82 bits per heavy atom. The van der Waals surface area contributed by atoms with E-state index in [1.54, 1.807) is 0 Å². The summed E-state index contributed by atoms with van der Waals surface area (Å²) in [5.74, 6) is -1.63. The van der Waals surface area contributed by atoms with E-state index in [9.17, 15) is 28.1 Å². The fourth-order valence-corrected chi connectivity index (χ4v) is 3.63. The van der Waals surface area contributed by atoms with Crippen molar-refractivity contribution in [1.82, 2.24) is 14.8 Å². The van der Waals surface area contributed by atoms with Crippen LogP contribution in [-0.2, 0) is 6.73 Å². The summed E-state index contributed by atoms with van der Waals surface area (Å²) in [5, 5.41) is 17.8. The average Bonchev–Trinajstić information content (AvgIpc) is 3.38. The average molecular weight is 479 g/mol. The maximum Gasteiger partial charge on any atom is 0.387 e. The maximum absolute atomic E-state index is 13.4. The number of hydrogen-bond acceptors (Lipinski definition) is 8. The number of nitro groups is 1. The van der Waals surface area contributed by atoms with Gasteiger partial charge in [0, 0.05) is 18.3 Å². The molecular weight excluding hydrogens is 467 g/mol. The van der Waals surface area contributed by atoms with Gasteiger partial charge >= 0.3 is 12.3 Å². The number of ether oxygens (including phenoxy) is 2. The highest BCUT2D eigenvalue weighted by molar-refractivity contribution is 7.22. The monoisotopic (exact) mass is 479 g/mol. The molecule has 0 bridgehead atoms. The Kier molecular flexibility index (Phi) is 6.08. The maximum atomic E-state index is 13.4. The highest BCUT2D eigenvalue weighted by atomic mass is 32.1. The second-order valence-corrected chi connectivity index (χ2v) is 7.39. The van der Waals surface area contributed by atoms with Crippen molar-refractivity contribution in [3.05, 3.63) is 70.3 Å². The molecule has 14 heteroatoms. The summed E-state index contributed by atoms with van der Waals surface area (Å²) >= 11 is 1.05. The van der Waals surface area contributed by atoms with Gasteiger partial charge in [-0.25, -0.2) is 14.1 Å². The molecule has 2 aromatic carbocycles. The molecule has 4 aromatic rings. The van der Waals surface area contributed by atoms with Gasteiger partial charge in [0.15, 0.2) is 17.6 Å². The van der Waals surface area contributed by atoms with Gasteiger partial charge in [0.1, 0.15) is 11.6 Å². The van der Waals surface area contributed by atoms with Crippen LogP contribution in [0, 0.1) is 15.9 Å². The summed E-state index contributed by atoms with van der Waals surface area (Å²) < 4.78 is 49.4. The molecule has 0 radical (unpaired) electrons. The smallest absolute Gasteiger partial charge is 0.387 e. The Balaban J connectivity index is 1.42. The Morgan fingerprint density at radius 2 is 2.06 bits per heavy atom. The van der Waals surface area contributed by atoms with Crippen molar-refractivity contribution in [3.8, 4) is 11.5 Å². The molecule has 0 saturated heterocycles. The van der Waals surface area contributed by atoms with Gasteiger partial charge in [-0.15, -0.1) is 0 Å². The van der Waals surface area contributed by atoms with Gasteiger partial charge in [0.2, 0.25) is 5.75 Å². The fourth-order valence-electron chi connectivity index (χ4n) is 2.74. The number of hydrogen-bond donors (Lipinski definition) is 1. The minimum atomic E-state index is -2.96. The van der Waals surface area contributed by atoms with Gasteiger partial charge in [0.05, 0.1) is 15.1 Å². The first kappa shape index (κ1) is 22.0. The lowest BCUT2D eigenvalue weighted by molar-refractivity contribution is -0.386. The standard InChI is InChI=1S/C19H12F3N5O5S/c20-10-1-4-14(27(29)30)15(7-10)31-9-26-6-5-13(25-26)17(28)24-19-23-12-3-2-11(32-18(21)22)8-16(12)33-19/h1-8,18H,9H2,(H,23,24,28). The van der Waals surface area contributed by atoms with E-state index in [-0.39, 0.29) is 29.1 Å². The molecule has 1 amide bonds. The minimum Gasteiger partial charge on any atom is -0.464 e. The van der Waals surface area contributed by atoms with Crippen molar-refractivity contribution in [3.63, 3.8) is 0 Å². The Hall–Kier alpha value is -4.20. The zero-order valence-corrected chi connectivity index (χ0v) is 17.1. The van der Waals surface area contributed by atoms with Gasteiger partial charge in [-0.3, -0.25) is 20.2 Å². The molecule has 1 N–H and O–H groups in total. The number of nitro benzene ring substituents is 1. The summed E-state index contributed by atoms with van der Waals surface area (Å²) in [6.07, 6.45) is 1.40. The number of halogens is 3. The van der Waals surface area contributed by atoms with E-state index in [1.165, 1.54) is 35.1 Å². The molecule has 2 aromatic heterocycles. The van der Waals surface area contributed by atoms with Crippen molar-refractivity contribution < 1.29 is 32.4 Å². The molecule has 170 valence electrons. The number of thiazole rings is 1. The molecule has 0 atom stereocenters. The first-order valence-corrected chi connectivity index (χ1v) is 9.87. The molecular formula is C19H12F3N5O5S. The third-order valence-corrected chi connectivity index (χ3v) is 5.08. The number of anilines is 1. The second-order valence-electron chi connectivity index (χ2n) is 6.36. The van der Waals surface area contributed by atoms with E-state index >= 15 is 0 Å². The van der Waals surface area contributed by atoms with Crippen molar-refractivity contribution >= 4 is 38.3 Å². The highest BCUT2D eigenvalue weighted by Gasteiger charge is 2.17. The lowest BCUT2D eigenvalue weighted by atomic mass is 10.3. The zero-order chi connectivity index (χ0) is 23.5. The molecule has 0 aliphatic rings. The van der Waals surface area contributed by atoms with Crippen LogP contribution in [0.3, 0.4) is 0 Å². The van der Waals surface area contributed by atoms with Crippen LogP contribution in [0.4, 0.5) is 24.0 Å². The predicted octanol–water partition coefficient (Wildman–Crippen LogP) is 4.43. The number of nitrogens with zero attached hydrogens (tertiary/aromatic N) is 4. The number of nitrogens with one attached hydrogen (secondary N) is 1. The van der Waals surface area contributed by atoms with E-state index in [0.29, 0.717) is 10.2 Å². The Morgan fingerprint density at radius 1 is 1.24 bits per heavy atom. The number of rotatable bonds is 8. The molecule has 33 heavy (non-hydrogen) atoms. The van der Waals surface area contributed by atoms with Gasteiger partial charge in [-0.05, 0) is 30.3 Å². The van der Waals surface area contributed by atoms with Crippen molar-refractivity contribution in [2.45, 2.75) is 13.3 Å². The van der Waals surface area contributed by atoms with Gasteiger partial charge in [-0.1, -0.05) is 11.3 Å². The number of benzene rings is 2. The summed E-state index contributed by atoms with van der Waals surface area (Å²) in [6.45, 7) is -3.27. The van der Waals surface area contributed by atoms with E-state index in [2.05, 4.69) is 20.1 Å². The largest absolute Gasteiger partial charge is 0.464 e. The number of alkyl halides is 2. The Labute approximate surface area is 186 Å². The normalized spacial score (nSPS) is 11.0. The quantitative estimate of drug-likeness (QED) is 0.293. The molecule has 4 rings (SSSR count). The van der Waals surface area contributed by atoms with E-state index in [0.717, 1.165) is 29.5 Å². The summed E-state index contributed by atoms with van der Waals surface area (Å²) in [5.41, 5.74) is 0.0559. The summed E-state index contributed by atoms with van der Waals surface area (Å²) in [7, 11) is 0.